The van der Waals surface area contributed by atoms with E-state index < -0.39 is 53.6 Å². The predicted molar refractivity (Wildman–Crippen MR) is 136 cm³/mol. The van der Waals surface area contributed by atoms with E-state index >= 15 is 0 Å². The molecule has 5 atom stereocenters. The number of hydrogen-bond acceptors (Lipinski definition) is 12. The van der Waals surface area contributed by atoms with Crippen molar-refractivity contribution in [3.63, 3.8) is 0 Å². The molecule has 39 heavy (non-hydrogen) atoms. The first-order valence-corrected chi connectivity index (χ1v) is 13.0. The van der Waals surface area contributed by atoms with Gasteiger partial charge in [-0.1, -0.05) is 30.0 Å². The Balaban J connectivity index is 1.89. The number of ether oxygens (including phenoxy) is 5. The van der Waals surface area contributed by atoms with Crippen LogP contribution >= 0.6 is 11.8 Å². The van der Waals surface area contributed by atoms with E-state index in [1.165, 1.54) is 27.7 Å². The van der Waals surface area contributed by atoms with E-state index in [9.17, 15) is 19.2 Å². The van der Waals surface area contributed by atoms with Crippen LogP contribution in [0.4, 0.5) is 0 Å². The fraction of sp³-hybridized carbons (Fsp3) is 0.520. The summed E-state index contributed by atoms with van der Waals surface area (Å²) < 4.78 is 29.9. The Labute approximate surface area is 229 Å². The zero-order valence-electron chi connectivity index (χ0n) is 22.5. The van der Waals surface area contributed by atoms with Crippen LogP contribution in [0.15, 0.2) is 29.4 Å². The highest BCUT2D eigenvalue weighted by Crippen LogP contribution is 2.35. The number of hydrogen-bond donors (Lipinski definition) is 1. The molecule has 0 bridgehead atoms. The molecule has 212 valence electrons. The molecule has 2 heterocycles. The van der Waals surface area contributed by atoms with E-state index in [0.29, 0.717) is 16.7 Å². The summed E-state index contributed by atoms with van der Waals surface area (Å²) in [4.78, 5) is 47.6. The number of thioether (sulfide) groups is 1. The van der Waals surface area contributed by atoms with Gasteiger partial charge in [-0.25, -0.2) is 0 Å². The van der Waals surface area contributed by atoms with Gasteiger partial charge in [0.2, 0.25) is 5.91 Å². The lowest BCUT2D eigenvalue weighted by Crippen LogP contribution is -2.65. The topological polar surface area (TPSA) is 157 Å². The molecular weight excluding hydrogens is 532 g/mol. The molecule has 1 aliphatic rings. The lowest BCUT2D eigenvalue weighted by atomic mass is 9.97. The number of carbonyl (C=O) groups is 4. The molecule has 0 saturated carbocycles. The molecule has 1 aromatic carbocycles. The quantitative estimate of drug-likeness (QED) is 0.328. The maximum absolute atomic E-state index is 12.1. The molecule has 1 amide bonds. The number of aryl methyl sites for hydroxylation is 1. The summed E-state index contributed by atoms with van der Waals surface area (Å²) in [6, 6.07) is 6.62. The summed E-state index contributed by atoms with van der Waals surface area (Å²) in [6.45, 7) is 6.68. The average molecular weight is 565 g/mol. The molecule has 1 aliphatic heterocycles. The van der Waals surface area contributed by atoms with Crippen molar-refractivity contribution in [2.75, 3.05) is 6.61 Å². The number of esters is 3. The summed E-state index contributed by atoms with van der Waals surface area (Å²) in [5.74, 6) is -1.12. The van der Waals surface area contributed by atoms with Crippen LogP contribution in [0.5, 0.6) is 5.75 Å². The van der Waals surface area contributed by atoms with Crippen LogP contribution in [-0.2, 0) is 51.8 Å². The minimum Gasteiger partial charge on any atom is -0.485 e. The fourth-order valence-corrected chi connectivity index (χ4v) is 5.06. The monoisotopic (exact) mass is 564 g/mol. The molecule has 14 heteroatoms. The van der Waals surface area contributed by atoms with Crippen LogP contribution in [0.25, 0.3) is 0 Å². The van der Waals surface area contributed by atoms with Gasteiger partial charge in [-0.05, 0) is 18.6 Å². The van der Waals surface area contributed by atoms with Crippen molar-refractivity contribution in [3.8, 4) is 5.75 Å². The van der Waals surface area contributed by atoms with Crippen molar-refractivity contribution in [2.45, 2.75) is 76.2 Å². The van der Waals surface area contributed by atoms with Crippen LogP contribution < -0.4 is 10.1 Å². The van der Waals surface area contributed by atoms with Crippen LogP contribution in [0.2, 0.25) is 0 Å². The van der Waals surface area contributed by atoms with E-state index in [1.54, 1.807) is 11.6 Å². The summed E-state index contributed by atoms with van der Waals surface area (Å²) >= 11 is 1.10. The molecule has 1 fully saturated rings. The zero-order valence-corrected chi connectivity index (χ0v) is 23.4. The van der Waals surface area contributed by atoms with Crippen LogP contribution in [0, 0.1) is 6.92 Å². The third-order valence-electron chi connectivity index (χ3n) is 5.67. The molecule has 1 aromatic heterocycles. The first-order valence-electron chi connectivity index (χ1n) is 12.1. The molecule has 1 saturated heterocycles. The Morgan fingerprint density at radius 1 is 1.00 bits per heavy atom. The van der Waals surface area contributed by atoms with Gasteiger partial charge in [-0.15, -0.1) is 10.2 Å². The van der Waals surface area contributed by atoms with Crippen LogP contribution in [-0.4, -0.2) is 75.0 Å². The van der Waals surface area contributed by atoms with Crippen molar-refractivity contribution in [1.29, 1.82) is 0 Å². The summed E-state index contributed by atoms with van der Waals surface area (Å²) in [5.41, 5.74) is 0.0688. The first kappa shape index (κ1) is 29.9. The molecule has 3 rings (SSSR count). The third kappa shape index (κ3) is 8.17. The number of carbonyl (C=O) groups excluding carboxylic acids is 4. The van der Waals surface area contributed by atoms with Crippen molar-refractivity contribution >= 4 is 35.6 Å². The van der Waals surface area contributed by atoms with Gasteiger partial charge in [0.1, 0.15) is 36.5 Å². The molecule has 2 aromatic rings. The molecule has 13 nitrogen and oxygen atoms in total. The second kappa shape index (κ2) is 13.4. The molecule has 0 aliphatic carbocycles. The smallest absolute Gasteiger partial charge is 0.303 e. The number of para-hydroxylation sites is 1. The van der Waals surface area contributed by atoms with E-state index in [0.717, 1.165) is 17.3 Å². The van der Waals surface area contributed by atoms with Crippen LogP contribution in [0.3, 0.4) is 0 Å². The van der Waals surface area contributed by atoms with Crippen molar-refractivity contribution < 1.29 is 42.9 Å². The van der Waals surface area contributed by atoms with Gasteiger partial charge in [0.25, 0.3) is 0 Å². The Kier molecular flexibility index (Phi) is 10.3. The van der Waals surface area contributed by atoms with E-state index in [-0.39, 0.29) is 13.2 Å². The molecule has 0 radical (unpaired) electrons. The molecule has 5 unspecified atom stereocenters. The summed E-state index contributed by atoms with van der Waals surface area (Å²) in [7, 11) is 1.75. The highest BCUT2D eigenvalue weighted by molar-refractivity contribution is 7.99. The number of benzene rings is 1. The minimum absolute atomic E-state index is 0.148. The summed E-state index contributed by atoms with van der Waals surface area (Å²) in [6.07, 6.45) is -3.34. The maximum atomic E-state index is 12.1. The zero-order chi connectivity index (χ0) is 28.7. The highest BCUT2D eigenvalue weighted by Gasteiger charge is 2.51. The SMILES string of the molecule is CC(=O)NC1C(Sc2nnc(COc3ccccc3C)n2C)OC(COC(C)=O)C(OC(C)=O)C1OC(C)=O. The molecule has 1 N–H and O–H groups in total. The Bertz CT molecular complexity index is 1200. The van der Waals surface area contributed by atoms with Crippen molar-refractivity contribution in [1.82, 2.24) is 20.1 Å². The van der Waals surface area contributed by atoms with Gasteiger partial charge in [-0.2, -0.15) is 0 Å². The van der Waals surface area contributed by atoms with E-state index in [2.05, 4.69) is 15.5 Å². The average Bonchev–Trinajstić information content (AvgIpc) is 3.19. The Morgan fingerprint density at radius 3 is 2.28 bits per heavy atom. The van der Waals surface area contributed by atoms with Gasteiger partial charge in [0, 0.05) is 34.7 Å². The minimum atomic E-state index is -1.17. The van der Waals surface area contributed by atoms with Crippen molar-refractivity contribution in [2.24, 2.45) is 7.05 Å². The number of amides is 1. The standard InChI is InChI=1S/C25H32N4O9S/c1-13-9-7-8-10-18(13)35-12-20-27-28-25(29(20)6)39-24-21(26-14(2)30)23(37-17(5)33)22(36-16(4)32)19(38-24)11-34-15(3)31/h7-10,19,21-24H,11-12H2,1-6H3,(H,26,30). The highest BCUT2D eigenvalue weighted by atomic mass is 32.2. The molecular formula is C25H32N4O9S. The second-order valence-corrected chi connectivity index (χ2v) is 9.92. The number of nitrogens with zero attached hydrogens (tertiary/aromatic N) is 3. The predicted octanol–water partition coefficient (Wildman–Crippen LogP) is 1.45. The lowest BCUT2D eigenvalue weighted by molar-refractivity contribution is -0.211. The number of nitrogens with one attached hydrogen (secondary N) is 1. The Morgan fingerprint density at radius 2 is 1.67 bits per heavy atom. The number of aromatic nitrogens is 3. The van der Waals surface area contributed by atoms with Crippen LogP contribution in [0.1, 0.15) is 39.1 Å². The van der Waals surface area contributed by atoms with Gasteiger partial charge in [-0.3, -0.25) is 19.2 Å². The van der Waals surface area contributed by atoms with Gasteiger partial charge in [0.15, 0.2) is 23.2 Å². The molecule has 0 spiro atoms. The second-order valence-electron chi connectivity index (χ2n) is 8.85. The first-order chi connectivity index (χ1) is 18.5. The lowest BCUT2D eigenvalue weighted by Gasteiger charge is -2.44. The normalized spacial score (nSPS) is 22.5. The van der Waals surface area contributed by atoms with E-state index in [1.807, 2.05) is 31.2 Å². The summed E-state index contributed by atoms with van der Waals surface area (Å²) in [5, 5.41) is 11.6. The fourth-order valence-electron chi connectivity index (χ4n) is 3.93. The van der Waals surface area contributed by atoms with E-state index in [4.69, 9.17) is 23.7 Å². The largest absolute Gasteiger partial charge is 0.485 e. The van der Waals surface area contributed by atoms with Crippen molar-refractivity contribution in [3.05, 3.63) is 35.7 Å². The van der Waals surface area contributed by atoms with Gasteiger partial charge in [0.05, 0.1) is 0 Å². The maximum Gasteiger partial charge on any atom is 0.303 e. The third-order valence-corrected chi connectivity index (χ3v) is 6.87. The van der Waals surface area contributed by atoms with Gasteiger partial charge < -0.3 is 33.6 Å². The Hall–Kier alpha value is -3.65. The van der Waals surface area contributed by atoms with Gasteiger partial charge >= 0.3 is 17.9 Å². The number of rotatable bonds is 10.